The molecule has 0 radical (unpaired) electrons. The topological polar surface area (TPSA) is 62.1 Å². The summed E-state index contributed by atoms with van der Waals surface area (Å²) in [6.45, 7) is 0.266. The predicted molar refractivity (Wildman–Crippen MR) is 81.4 cm³/mol. The Bertz CT molecular complexity index is 663. The summed E-state index contributed by atoms with van der Waals surface area (Å²) in [7, 11) is 0. The Labute approximate surface area is 127 Å². The number of hydrogen-bond acceptors (Lipinski definition) is 3. The minimum absolute atomic E-state index is 0.151. The van der Waals surface area contributed by atoms with Crippen LogP contribution in [0.4, 0.5) is 5.69 Å². The molecule has 0 saturated carbocycles. The first-order valence-electron chi connectivity index (χ1n) is 6.36. The lowest BCUT2D eigenvalue weighted by molar-refractivity contribution is -0.116. The van der Waals surface area contributed by atoms with Gasteiger partial charge in [-0.15, -0.1) is 0 Å². The number of halogens is 1. The number of carbonyl (C=O) groups excluding carboxylic acids is 1. The first kappa shape index (κ1) is 14.9. The molecule has 0 unspecified atom stereocenters. The second kappa shape index (κ2) is 7.32. The molecule has 1 amide bonds. The Balaban J connectivity index is 1.78. The maximum Gasteiger partial charge on any atom is 0.227 e. The van der Waals surface area contributed by atoms with Crippen LogP contribution in [0.2, 0.25) is 5.02 Å². The van der Waals surface area contributed by atoms with Crippen LogP contribution in [0.15, 0.2) is 48.5 Å². The van der Waals surface area contributed by atoms with Crippen molar-refractivity contribution in [3.63, 3.8) is 0 Å². The lowest BCUT2D eigenvalue weighted by atomic mass is 10.2. The van der Waals surface area contributed by atoms with Crippen LogP contribution in [0.5, 0.6) is 5.75 Å². The zero-order chi connectivity index (χ0) is 15.1. The van der Waals surface area contributed by atoms with Gasteiger partial charge in [0.1, 0.15) is 5.75 Å². The van der Waals surface area contributed by atoms with Gasteiger partial charge in [0.25, 0.3) is 0 Å². The monoisotopic (exact) mass is 300 g/mol. The van der Waals surface area contributed by atoms with Crippen LogP contribution >= 0.6 is 11.6 Å². The molecular weight excluding hydrogens is 288 g/mol. The molecule has 21 heavy (non-hydrogen) atoms. The summed E-state index contributed by atoms with van der Waals surface area (Å²) in [5.41, 5.74) is 1.21. The van der Waals surface area contributed by atoms with Crippen molar-refractivity contribution in [3.8, 4) is 11.8 Å². The molecule has 106 valence electrons. The zero-order valence-corrected chi connectivity index (χ0v) is 11.9. The van der Waals surface area contributed by atoms with Gasteiger partial charge in [0.05, 0.1) is 24.7 Å². The van der Waals surface area contributed by atoms with Gasteiger partial charge in [0.2, 0.25) is 5.91 Å². The molecule has 0 atom stereocenters. The Morgan fingerprint density at radius 2 is 2.00 bits per heavy atom. The molecule has 1 N–H and O–H groups in total. The number of anilines is 1. The highest BCUT2D eigenvalue weighted by molar-refractivity contribution is 6.30. The fourth-order valence-corrected chi connectivity index (χ4v) is 1.85. The summed E-state index contributed by atoms with van der Waals surface area (Å²) in [6.07, 6.45) is 0.229. The van der Waals surface area contributed by atoms with Gasteiger partial charge in [-0.3, -0.25) is 4.79 Å². The van der Waals surface area contributed by atoms with E-state index in [0.717, 1.165) is 0 Å². The summed E-state index contributed by atoms with van der Waals surface area (Å²) in [6, 6.07) is 15.7. The molecule has 4 nitrogen and oxygen atoms in total. The van der Waals surface area contributed by atoms with E-state index in [1.54, 1.807) is 48.5 Å². The number of amides is 1. The van der Waals surface area contributed by atoms with Gasteiger partial charge >= 0.3 is 0 Å². The van der Waals surface area contributed by atoms with Gasteiger partial charge in [-0.25, -0.2) is 0 Å². The van der Waals surface area contributed by atoms with E-state index in [9.17, 15) is 4.79 Å². The van der Waals surface area contributed by atoms with Crippen LogP contribution in [0.3, 0.4) is 0 Å². The SMILES string of the molecule is N#Cc1ccc(NC(=O)CCOc2cccc(Cl)c2)cc1. The van der Waals surface area contributed by atoms with Crippen LogP contribution in [0.1, 0.15) is 12.0 Å². The number of nitrogens with one attached hydrogen (secondary N) is 1. The molecule has 0 aliphatic rings. The first-order chi connectivity index (χ1) is 10.2. The maximum absolute atomic E-state index is 11.7. The van der Waals surface area contributed by atoms with Crippen molar-refractivity contribution < 1.29 is 9.53 Å². The standard InChI is InChI=1S/C16H13ClN2O2/c17-13-2-1-3-15(10-13)21-9-8-16(20)19-14-6-4-12(11-18)5-7-14/h1-7,10H,8-9H2,(H,19,20). The van der Waals surface area contributed by atoms with Crippen LogP contribution in [-0.2, 0) is 4.79 Å². The normalized spacial score (nSPS) is 9.71. The van der Waals surface area contributed by atoms with E-state index in [2.05, 4.69) is 5.32 Å². The number of carbonyl (C=O) groups is 1. The molecule has 2 aromatic rings. The summed E-state index contributed by atoms with van der Waals surface area (Å²) >= 11 is 5.84. The molecule has 0 aliphatic heterocycles. The van der Waals surface area contributed by atoms with Crippen molar-refractivity contribution in [2.24, 2.45) is 0 Å². The molecule has 0 aromatic heterocycles. The van der Waals surface area contributed by atoms with Gasteiger partial charge < -0.3 is 10.1 Å². The van der Waals surface area contributed by atoms with Crippen molar-refractivity contribution in [2.75, 3.05) is 11.9 Å². The molecule has 0 spiro atoms. The number of benzene rings is 2. The van der Waals surface area contributed by atoms with Gasteiger partial charge in [-0.2, -0.15) is 5.26 Å². The number of nitriles is 1. The molecular formula is C16H13ClN2O2. The minimum atomic E-state index is -0.151. The van der Waals surface area contributed by atoms with Crippen molar-refractivity contribution in [1.82, 2.24) is 0 Å². The lowest BCUT2D eigenvalue weighted by Gasteiger charge is -2.07. The van der Waals surface area contributed by atoms with E-state index >= 15 is 0 Å². The van der Waals surface area contributed by atoms with Crippen LogP contribution < -0.4 is 10.1 Å². The predicted octanol–water partition coefficient (Wildman–Crippen LogP) is 3.62. The smallest absolute Gasteiger partial charge is 0.227 e. The van der Waals surface area contributed by atoms with E-state index in [0.29, 0.717) is 22.0 Å². The van der Waals surface area contributed by atoms with Crippen molar-refractivity contribution in [3.05, 3.63) is 59.1 Å². The Morgan fingerprint density at radius 3 is 2.67 bits per heavy atom. The molecule has 0 bridgehead atoms. The quantitative estimate of drug-likeness (QED) is 0.917. The molecule has 2 rings (SSSR count). The Morgan fingerprint density at radius 1 is 1.24 bits per heavy atom. The average molecular weight is 301 g/mol. The molecule has 2 aromatic carbocycles. The van der Waals surface area contributed by atoms with E-state index in [4.69, 9.17) is 21.6 Å². The number of ether oxygens (including phenoxy) is 1. The largest absolute Gasteiger partial charge is 0.493 e. The van der Waals surface area contributed by atoms with Gasteiger partial charge in [0.15, 0.2) is 0 Å². The number of nitrogens with zero attached hydrogens (tertiary/aromatic N) is 1. The fourth-order valence-electron chi connectivity index (χ4n) is 1.67. The van der Waals surface area contributed by atoms with Crippen LogP contribution in [0.25, 0.3) is 0 Å². The lowest BCUT2D eigenvalue weighted by Crippen LogP contribution is -2.15. The van der Waals surface area contributed by atoms with Gasteiger partial charge in [0, 0.05) is 10.7 Å². The number of hydrogen-bond donors (Lipinski definition) is 1. The average Bonchev–Trinajstić information content (AvgIpc) is 2.48. The van der Waals surface area contributed by atoms with Crippen LogP contribution in [-0.4, -0.2) is 12.5 Å². The second-order valence-corrected chi connectivity index (χ2v) is 4.73. The third kappa shape index (κ3) is 4.83. The highest BCUT2D eigenvalue weighted by atomic mass is 35.5. The van der Waals surface area contributed by atoms with Crippen molar-refractivity contribution in [1.29, 1.82) is 5.26 Å². The van der Waals surface area contributed by atoms with Crippen LogP contribution in [0, 0.1) is 11.3 Å². The summed E-state index contributed by atoms with van der Waals surface area (Å²) < 4.78 is 5.44. The van der Waals surface area contributed by atoms with Gasteiger partial charge in [-0.05, 0) is 42.5 Å². The molecule has 0 heterocycles. The molecule has 0 saturated heterocycles. The maximum atomic E-state index is 11.7. The third-order valence-electron chi connectivity index (χ3n) is 2.69. The summed E-state index contributed by atoms with van der Waals surface area (Å²) in [5, 5.41) is 12.0. The third-order valence-corrected chi connectivity index (χ3v) is 2.93. The molecule has 0 aliphatic carbocycles. The van der Waals surface area contributed by atoms with Crippen molar-refractivity contribution in [2.45, 2.75) is 6.42 Å². The summed E-state index contributed by atoms with van der Waals surface area (Å²) in [4.78, 5) is 11.7. The highest BCUT2D eigenvalue weighted by Crippen LogP contribution is 2.17. The summed E-state index contributed by atoms with van der Waals surface area (Å²) in [5.74, 6) is 0.482. The van der Waals surface area contributed by atoms with E-state index in [-0.39, 0.29) is 18.9 Å². The first-order valence-corrected chi connectivity index (χ1v) is 6.73. The number of rotatable bonds is 5. The minimum Gasteiger partial charge on any atom is -0.493 e. The molecule has 5 heteroatoms. The second-order valence-electron chi connectivity index (χ2n) is 4.29. The van der Waals surface area contributed by atoms with E-state index < -0.39 is 0 Å². The Kier molecular flexibility index (Phi) is 5.19. The highest BCUT2D eigenvalue weighted by Gasteiger charge is 2.03. The fraction of sp³-hybridized carbons (Fsp3) is 0.125. The van der Waals surface area contributed by atoms with Crippen molar-refractivity contribution >= 4 is 23.2 Å². The Hall–Kier alpha value is -2.51. The zero-order valence-electron chi connectivity index (χ0n) is 11.2. The van der Waals surface area contributed by atoms with E-state index in [1.165, 1.54) is 0 Å². The van der Waals surface area contributed by atoms with E-state index in [1.807, 2.05) is 6.07 Å². The van der Waals surface area contributed by atoms with Gasteiger partial charge in [-0.1, -0.05) is 17.7 Å². The molecule has 0 fully saturated rings.